The smallest absolute Gasteiger partial charge is 0.223 e. The van der Waals surface area contributed by atoms with E-state index in [0.717, 1.165) is 47.3 Å². The summed E-state index contributed by atoms with van der Waals surface area (Å²) in [5.41, 5.74) is 0.441. The Kier molecular flexibility index (Phi) is 3.86. The molecule has 2 aromatic rings. The van der Waals surface area contributed by atoms with E-state index >= 15 is 0 Å². The maximum Gasteiger partial charge on any atom is 0.223 e. The van der Waals surface area contributed by atoms with E-state index in [0.29, 0.717) is 17.4 Å². The number of carbonyl (C=O) groups excluding carboxylic acids is 1. The second-order valence-corrected chi connectivity index (χ2v) is 10.1. The first-order valence-electron chi connectivity index (χ1n) is 9.50. The van der Waals surface area contributed by atoms with Crippen molar-refractivity contribution in [1.82, 2.24) is 9.88 Å². The lowest BCUT2D eigenvalue weighted by Crippen LogP contribution is -2.65. The van der Waals surface area contributed by atoms with Gasteiger partial charge in [-0.1, -0.05) is 18.5 Å². The van der Waals surface area contributed by atoms with Crippen molar-refractivity contribution in [2.24, 2.45) is 5.92 Å². The molecular formula is C20H23ClN2O2S. The molecule has 4 bridgehead atoms. The lowest BCUT2D eigenvalue weighted by atomic mass is 9.61. The fourth-order valence-electron chi connectivity index (χ4n) is 5.57. The van der Waals surface area contributed by atoms with Gasteiger partial charge in [-0.2, -0.15) is 0 Å². The number of thiazole rings is 1. The lowest BCUT2D eigenvalue weighted by Gasteiger charge is -2.59. The summed E-state index contributed by atoms with van der Waals surface area (Å²) in [6.07, 6.45) is 5.09. The van der Waals surface area contributed by atoms with E-state index in [1.54, 1.807) is 11.3 Å². The molecule has 3 unspecified atom stereocenters. The number of nitrogens with zero attached hydrogens (tertiary/aromatic N) is 2. The van der Waals surface area contributed by atoms with E-state index in [4.69, 9.17) is 16.6 Å². The first-order chi connectivity index (χ1) is 12.4. The predicted molar refractivity (Wildman–Crippen MR) is 104 cm³/mol. The number of carbonyl (C=O) groups is 1. The van der Waals surface area contributed by atoms with Crippen LogP contribution in [-0.4, -0.2) is 38.6 Å². The molecule has 2 saturated carbocycles. The molecule has 1 amide bonds. The molecular weight excluding hydrogens is 368 g/mol. The highest BCUT2D eigenvalue weighted by atomic mass is 35.5. The fraction of sp³-hybridized carbons (Fsp3) is 0.600. The third-order valence-corrected chi connectivity index (χ3v) is 7.94. The molecule has 1 aromatic carbocycles. The van der Waals surface area contributed by atoms with Gasteiger partial charge in [0.2, 0.25) is 5.91 Å². The molecule has 2 aliphatic heterocycles. The van der Waals surface area contributed by atoms with E-state index in [2.05, 4.69) is 11.8 Å². The Bertz CT molecular complexity index is 866. The first-order valence-corrected chi connectivity index (χ1v) is 10.7. The third-order valence-electron chi connectivity index (χ3n) is 6.45. The monoisotopic (exact) mass is 390 g/mol. The maximum atomic E-state index is 13.1. The second-order valence-electron chi connectivity index (χ2n) is 8.55. The van der Waals surface area contributed by atoms with E-state index < -0.39 is 5.60 Å². The maximum absolute atomic E-state index is 13.1. The topological polar surface area (TPSA) is 53.4 Å². The molecule has 6 heteroatoms. The minimum Gasteiger partial charge on any atom is -0.390 e. The molecule has 4 nitrogen and oxygen atoms in total. The van der Waals surface area contributed by atoms with Crippen molar-refractivity contribution in [3.8, 4) is 0 Å². The molecule has 1 aromatic heterocycles. The van der Waals surface area contributed by atoms with Gasteiger partial charge in [0, 0.05) is 29.4 Å². The Hall–Kier alpha value is -1.17. The van der Waals surface area contributed by atoms with Crippen LogP contribution in [0.2, 0.25) is 5.02 Å². The first kappa shape index (κ1) is 17.0. The molecule has 2 aliphatic carbocycles. The second kappa shape index (κ2) is 5.91. The molecule has 4 fully saturated rings. The minimum absolute atomic E-state index is 0.0962. The number of halogens is 1. The van der Waals surface area contributed by atoms with Crippen LogP contribution < -0.4 is 0 Å². The van der Waals surface area contributed by atoms with Crippen LogP contribution in [0.1, 0.15) is 56.4 Å². The summed E-state index contributed by atoms with van der Waals surface area (Å²) in [5.74, 6) is 0.930. The largest absolute Gasteiger partial charge is 0.390 e. The van der Waals surface area contributed by atoms with Crippen LogP contribution in [0.15, 0.2) is 18.2 Å². The minimum atomic E-state index is -0.509. The van der Waals surface area contributed by atoms with Crippen molar-refractivity contribution in [1.29, 1.82) is 0 Å². The van der Waals surface area contributed by atoms with Crippen molar-refractivity contribution < 1.29 is 9.90 Å². The van der Waals surface area contributed by atoms with Gasteiger partial charge in [0.15, 0.2) is 0 Å². The highest BCUT2D eigenvalue weighted by Crippen LogP contribution is 2.51. The zero-order chi connectivity index (χ0) is 18.1. The SMILES string of the molecule is CC(CC(=O)N1C2CC3CC1CC(O)(C3)C2)c1nc2ccc(Cl)cc2s1. The Morgan fingerprint density at radius 1 is 1.38 bits per heavy atom. The number of rotatable bonds is 3. The average molecular weight is 391 g/mol. The molecule has 26 heavy (non-hydrogen) atoms. The van der Waals surface area contributed by atoms with Gasteiger partial charge in [0.1, 0.15) is 0 Å². The Morgan fingerprint density at radius 2 is 2.12 bits per heavy atom. The summed E-state index contributed by atoms with van der Waals surface area (Å²) in [7, 11) is 0. The molecule has 0 spiro atoms. The summed E-state index contributed by atoms with van der Waals surface area (Å²) in [6, 6.07) is 6.21. The number of piperidine rings is 2. The van der Waals surface area contributed by atoms with E-state index in [1.165, 1.54) is 0 Å². The van der Waals surface area contributed by atoms with Crippen molar-refractivity contribution in [3.63, 3.8) is 0 Å². The zero-order valence-corrected chi connectivity index (χ0v) is 16.4. The third kappa shape index (κ3) is 2.76. The number of fused-ring (bicyclic) bond motifs is 1. The standard InChI is InChI=1S/C20H23ClN2O2S/c1-11(19-22-16-3-2-13(21)7-17(16)26-19)4-18(24)23-14-5-12-6-15(23)10-20(25,8-12)9-14/h2-3,7,11-12,14-15,25H,4-6,8-10H2,1H3. The average Bonchev–Trinajstić information content (AvgIpc) is 2.96. The van der Waals surface area contributed by atoms with E-state index in [9.17, 15) is 9.90 Å². The van der Waals surface area contributed by atoms with Crippen LogP contribution in [0.5, 0.6) is 0 Å². The molecule has 6 rings (SSSR count). The van der Waals surface area contributed by atoms with Gasteiger partial charge in [-0.15, -0.1) is 11.3 Å². The molecule has 3 heterocycles. The number of amides is 1. The van der Waals surface area contributed by atoms with Gasteiger partial charge >= 0.3 is 0 Å². The van der Waals surface area contributed by atoms with Crippen molar-refractivity contribution in [3.05, 3.63) is 28.2 Å². The van der Waals surface area contributed by atoms with Crippen LogP contribution in [0.25, 0.3) is 10.2 Å². The van der Waals surface area contributed by atoms with Crippen molar-refractivity contribution in [2.45, 2.75) is 69.1 Å². The Balaban J connectivity index is 1.33. The van der Waals surface area contributed by atoms with Gasteiger partial charge in [-0.3, -0.25) is 4.79 Å². The predicted octanol–water partition coefficient (Wildman–Crippen LogP) is 4.35. The van der Waals surface area contributed by atoms with E-state index in [-0.39, 0.29) is 23.9 Å². The Morgan fingerprint density at radius 3 is 2.81 bits per heavy atom. The van der Waals surface area contributed by atoms with Crippen LogP contribution in [0.4, 0.5) is 0 Å². The van der Waals surface area contributed by atoms with Gasteiger partial charge in [-0.25, -0.2) is 4.98 Å². The molecule has 0 radical (unpaired) electrons. The molecule has 1 N–H and O–H groups in total. The van der Waals surface area contributed by atoms with Crippen molar-refractivity contribution >= 4 is 39.1 Å². The fourth-order valence-corrected chi connectivity index (χ4v) is 6.87. The summed E-state index contributed by atoms with van der Waals surface area (Å²) >= 11 is 7.70. The highest BCUT2D eigenvalue weighted by molar-refractivity contribution is 7.18. The van der Waals surface area contributed by atoms with Crippen molar-refractivity contribution in [2.75, 3.05) is 0 Å². The molecule has 3 atom stereocenters. The van der Waals surface area contributed by atoms with Gasteiger partial charge in [0.25, 0.3) is 0 Å². The van der Waals surface area contributed by atoms with Gasteiger partial charge < -0.3 is 10.0 Å². The van der Waals surface area contributed by atoms with Crippen LogP contribution in [0, 0.1) is 5.92 Å². The summed E-state index contributed by atoms with van der Waals surface area (Å²) < 4.78 is 1.07. The zero-order valence-electron chi connectivity index (χ0n) is 14.8. The summed E-state index contributed by atoms with van der Waals surface area (Å²) in [4.78, 5) is 19.9. The van der Waals surface area contributed by atoms with Crippen LogP contribution >= 0.6 is 22.9 Å². The number of aliphatic hydroxyl groups is 1. The number of aromatic nitrogens is 1. The number of hydrogen-bond donors (Lipinski definition) is 1. The van der Waals surface area contributed by atoms with Crippen LogP contribution in [0.3, 0.4) is 0 Å². The number of hydrogen-bond acceptors (Lipinski definition) is 4. The summed E-state index contributed by atoms with van der Waals surface area (Å²) in [5, 5.41) is 12.4. The van der Waals surface area contributed by atoms with Crippen LogP contribution in [-0.2, 0) is 4.79 Å². The molecule has 138 valence electrons. The quantitative estimate of drug-likeness (QED) is 0.847. The van der Waals surface area contributed by atoms with Gasteiger partial charge in [0.05, 0.1) is 20.8 Å². The van der Waals surface area contributed by atoms with Gasteiger partial charge in [-0.05, 0) is 56.2 Å². The Labute approximate surface area is 162 Å². The summed E-state index contributed by atoms with van der Waals surface area (Å²) in [6.45, 7) is 2.09. The normalized spacial score (nSPS) is 33.8. The molecule has 4 aliphatic rings. The number of benzene rings is 1. The van der Waals surface area contributed by atoms with E-state index in [1.807, 2.05) is 18.2 Å². The lowest BCUT2D eigenvalue weighted by molar-refractivity contribution is -0.174. The molecule has 2 saturated heterocycles. The highest BCUT2D eigenvalue weighted by Gasteiger charge is 2.54.